The molecule has 0 bridgehead atoms. The molecule has 0 unspecified atom stereocenters. The van der Waals surface area contributed by atoms with Crippen LogP contribution in [0, 0.1) is 0 Å². The summed E-state index contributed by atoms with van der Waals surface area (Å²) in [7, 11) is 17.2. The van der Waals surface area contributed by atoms with Gasteiger partial charge >= 0.3 is 73.5 Å². The predicted octanol–water partition coefficient (Wildman–Crippen LogP) is 2.61. The van der Waals surface area contributed by atoms with E-state index in [-0.39, 0.29) is 0 Å². The van der Waals surface area contributed by atoms with E-state index in [2.05, 4.69) is 0 Å². The third kappa shape index (κ3) is 2.46. The van der Waals surface area contributed by atoms with E-state index >= 15 is 0 Å². The fraction of sp³-hybridized carbons (Fsp3) is 0. The summed E-state index contributed by atoms with van der Waals surface area (Å²) in [6, 6.07) is 3.77. The van der Waals surface area contributed by atoms with Crippen molar-refractivity contribution < 1.29 is 0 Å². The molecule has 0 saturated heterocycles. The second-order valence-electron chi connectivity index (χ2n) is 1.34. The van der Waals surface area contributed by atoms with Gasteiger partial charge < -0.3 is 0 Å². The van der Waals surface area contributed by atoms with Gasteiger partial charge in [-0.2, -0.15) is 0 Å². The van der Waals surface area contributed by atoms with E-state index in [0.717, 1.165) is 2.93 Å². The van der Waals surface area contributed by atoms with Crippen molar-refractivity contribution in [3.05, 3.63) is 17.5 Å². The van der Waals surface area contributed by atoms with Crippen LogP contribution < -0.4 is 2.93 Å². The van der Waals surface area contributed by atoms with E-state index < -0.39 is 14.8 Å². The molecule has 1 aromatic heterocycles. The Bertz CT molecular complexity index is 178. The minimum absolute atomic E-state index is 0.947. The van der Waals surface area contributed by atoms with E-state index in [9.17, 15) is 0 Å². The number of hydrogen-bond donors (Lipinski definition) is 0. The van der Waals surface area contributed by atoms with E-state index in [4.69, 9.17) is 26.9 Å². The third-order valence-corrected chi connectivity index (χ3v) is 10.8. The van der Waals surface area contributed by atoms with Crippen LogP contribution in [-0.2, 0) is 0 Å². The van der Waals surface area contributed by atoms with Crippen LogP contribution in [-0.4, -0.2) is 14.8 Å². The Kier molecular flexibility index (Phi) is 2.98. The standard InChI is InChI=1S/C4H3Cl3STe/c5-9(6,7)4-2-1-3-8-4/h1-3H. The number of hydrogen-bond acceptors (Lipinski definition) is 1. The van der Waals surface area contributed by atoms with E-state index in [1.54, 1.807) is 0 Å². The summed E-state index contributed by atoms with van der Waals surface area (Å²) in [5.41, 5.74) is 0. The maximum atomic E-state index is 5.73. The van der Waals surface area contributed by atoms with Gasteiger partial charge in [-0.1, -0.05) is 0 Å². The van der Waals surface area contributed by atoms with Gasteiger partial charge in [0.2, 0.25) is 0 Å². The maximum absolute atomic E-state index is 5.73. The zero-order chi connectivity index (χ0) is 6.91. The molecule has 0 fully saturated rings. The van der Waals surface area contributed by atoms with Crippen LogP contribution in [0.15, 0.2) is 17.5 Å². The normalized spacial score (nSPS) is 13.7. The van der Waals surface area contributed by atoms with Crippen molar-refractivity contribution in [1.82, 2.24) is 0 Å². The summed E-state index contributed by atoms with van der Waals surface area (Å²) < 4.78 is 0.947. The van der Waals surface area contributed by atoms with Gasteiger partial charge in [0.25, 0.3) is 0 Å². The molecule has 0 N–H and O–H groups in total. The fourth-order valence-corrected chi connectivity index (χ4v) is 6.26. The Morgan fingerprint density at radius 2 is 2.00 bits per heavy atom. The molecule has 0 aliphatic carbocycles. The zero-order valence-electron chi connectivity index (χ0n) is 4.18. The van der Waals surface area contributed by atoms with Crippen LogP contribution in [0.3, 0.4) is 0 Å². The quantitative estimate of drug-likeness (QED) is 0.699. The van der Waals surface area contributed by atoms with Crippen molar-refractivity contribution in [3.8, 4) is 0 Å². The Balaban J connectivity index is 2.90. The second kappa shape index (κ2) is 3.17. The third-order valence-electron chi connectivity index (χ3n) is 0.723. The van der Waals surface area contributed by atoms with Crippen molar-refractivity contribution in [2.24, 2.45) is 0 Å². The summed E-state index contributed by atoms with van der Waals surface area (Å²) in [4.78, 5) is 0. The average molecular weight is 317 g/mol. The fourth-order valence-electron chi connectivity index (χ4n) is 0.395. The second-order valence-corrected chi connectivity index (χ2v) is 19.2. The monoisotopic (exact) mass is 318 g/mol. The summed E-state index contributed by atoms with van der Waals surface area (Å²) >= 11 is -1.51. The molecule has 0 amide bonds. The molecule has 0 aromatic carbocycles. The molecular weight excluding hydrogens is 314 g/mol. The van der Waals surface area contributed by atoms with Gasteiger partial charge in [-0.25, -0.2) is 0 Å². The van der Waals surface area contributed by atoms with E-state index in [1.807, 2.05) is 17.5 Å². The number of rotatable bonds is 1. The average Bonchev–Trinajstić information content (AvgIpc) is 2.08. The molecular formula is C4H3Cl3STe. The molecule has 1 aromatic rings. The summed E-state index contributed by atoms with van der Waals surface area (Å²) in [5, 5.41) is 1.92. The van der Waals surface area contributed by atoms with Crippen LogP contribution in [0.4, 0.5) is 0 Å². The zero-order valence-corrected chi connectivity index (χ0v) is 9.60. The molecule has 1 rings (SSSR count). The number of halogens is 3. The van der Waals surface area contributed by atoms with E-state index in [0.29, 0.717) is 0 Å². The minimum atomic E-state index is -3.03. The molecule has 0 spiro atoms. The van der Waals surface area contributed by atoms with E-state index in [1.165, 1.54) is 11.3 Å². The summed E-state index contributed by atoms with van der Waals surface area (Å²) in [6.45, 7) is 0. The predicted molar refractivity (Wildman–Crippen MR) is 47.3 cm³/mol. The number of thiophene rings is 1. The molecule has 0 atom stereocenters. The van der Waals surface area contributed by atoms with Crippen LogP contribution in [0.1, 0.15) is 0 Å². The van der Waals surface area contributed by atoms with Crippen molar-refractivity contribution in [3.63, 3.8) is 0 Å². The summed E-state index contributed by atoms with van der Waals surface area (Å²) in [6.07, 6.45) is 0. The van der Waals surface area contributed by atoms with Gasteiger partial charge in [0.05, 0.1) is 0 Å². The van der Waals surface area contributed by atoms with Gasteiger partial charge in [-0.15, -0.1) is 0 Å². The molecule has 0 aliphatic rings. The first-order chi connectivity index (χ1) is 4.11. The van der Waals surface area contributed by atoms with Crippen molar-refractivity contribution >= 4 is 56.0 Å². The topological polar surface area (TPSA) is 0 Å². The first kappa shape index (κ1) is 8.46. The summed E-state index contributed by atoms with van der Waals surface area (Å²) in [5.74, 6) is 0. The van der Waals surface area contributed by atoms with Crippen molar-refractivity contribution in [1.29, 1.82) is 0 Å². The first-order valence-electron chi connectivity index (χ1n) is 2.06. The van der Waals surface area contributed by atoms with Gasteiger partial charge in [0.1, 0.15) is 0 Å². The Labute approximate surface area is 72.8 Å². The first-order valence-corrected chi connectivity index (χ1v) is 13.0. The Morgan fingerprint density at radius 1 is 1.33 bits per heavy atom. The van der Waals surface area contributed by atoms with Crippen molar-refractivity contribution in [2.75, 3.05) is 0 Å². The molecule has 0 aliphatic heterocycles. The van der Waals surface area contributed by atoms with Gasteiger partial charge in [0, 0.05) is 0 Å². The molecule has 0 radical (unpaired) electrons. The molecule has 9 heavy (non-hydrogen) atoms. The van der Waals surface area contributed by atoms with Gasteiger partial charge in [0.15, 0.2) is 0 Å². The molecule has 1 heterocycles. The van der Waals surface area contributed by atoms with Crippen LogP contribution in [0.5, 0.6) is 0 Å². The van der Waals surface area contributed by atoms with Crippen molar-refractivity contribution in [2.45, 2.75) is 0 Å². The van der Waals surface area contributed by atoms with Crippen LogP contribution in [0.25, 0.3) is 0 Å². The molecule has 52 valence electrons. The molecule has 5 heteroatoms. The van der Waals surface area contributed by atoms with Gasteiger partial charge in [-0.05, 0) is 0 Å². The Morgan fingerprint density at radius 3 is 2.22 bits per heavy atom. The van der Waals surface area contributed by atoms with Crippen LogP contribution >= 0.6 is 38.2 Å². The molecule has 0 saturated carbocycles. The van der Waals surface area contributed by atoms with Gasteiger partial charge in [-0.3, -0.25) is 0 Å². The Hall–Kier alpha value is 1.36. The van der Waals surface area contributed by atoms with Crippen LogP contribution in [0.2, 0.25) is 0 Å². The SMILES string of the molecule is Cl[Te](Cl)(Cl)c1cccs1. The molecule has 0 nitrogen and oxygen atoms in total.